The Hall–Kier alpha value is -2.28. The number of cyclic esters (lactones) is 1. The number of allylic oxidation sites excluding steroid dienone is 2. The van der Waals surface area contributed by atoms with Crippen LogP contribution in [-0.2, 0) is 23.7 Å². The molecule has 3 heterocycles. The van der Waals surface area contributed by atoms with Crippen molar-refractivity contribution in [3.63, 3.8) is 0 Å². The first-order valence-corrected chi connectivity index (χ1v) is 16.4. The Morgan fingerprint density at radius 1 is 1.33 bits per heavy atom. The lowest BCUT2D eigenvalue weighted by molar-refractivity contribution is -0.151. The van der Waals surface area contributed by atoms with E-state index < -0.39 is 47.7 Å². The number of epoxide rings is 1. The lowest BCUT2D eigenvalue weighted by atomic mass is 9.88. The molecule has 0 radical (unpaired) electrons. The molecule has 0 aromatic rings. The molecule has 0 unspecified atom stereocenters. The van der Waals surface area contributed by atoms with E-state index in [1.807, 2.05) is 40.7 Å². The van der Waals surface area contributed by atoms with Crippen molar-refractivity contribution in [2.24, 2.45) is 11.8 Å². The van der Waals surface area contributed by atoms with E-state index in [4.69, 9.17) is 18.9 Å². The highest BCUT2D eigenvalue weighted by atomic mass is 16.6. The number of piperazine rings is 1. The van der Waals surface area contributed by atoms with Gasteiger partial charge in [0.1, 0.15) is 11.7 Å². The lowest BCUT2D eigenvalue weighted by Crippen LogP contribution is -2.50. The van der Waals surface area contributed by atoms with E-state index in [2.05, 4.69) is 5.32 Å². The number of aliphatic hydroxyl groups excluding tert-OH is 2. The molecule has 2 fully saturated rings. The van der Waals surface area contributed by atoms with E-state index >= 15 is 0 Å². The number of amides is 1. The molecule has 0 spiro atoms. The summed E-state index contributed by atoms with van der Waals surface area (Å²) in [5, 5.41) is 35.0. The molecule has 0 aromatic heterocycles. The molecule has 0 aromatic carbocycles. The molecule has 10 atom stereocenters. The number of hydrogen-bond donors (Lipinski definition) is 4. The molecule has 3 rings (SSSR count). The minimum atomic E-state index is -1.14. The van der Waals surface area contributed by atoms with Crippen LogP contribution in [0.3, 0.4) is 0 Å². The Bertz CT molecular complexity index is 1080. The molecule has 0 bridgehead atoms. The van der Waals surface area contributed by atoms with E-state index in [9.17, 15) is 24.9 Å². The summed E-state index contributed by atoms with van der Waals surface area (Å²) in [7, 11) is 1.55. The summed E-state index contributed by atoms with van der Waals surface area (Å²) in [4.78, 5) is 27.6. The molecule has 11 nitrogen and oxygen atoms in total. The molecule has 11 heteroatoms. The minimum absolute atomic E-state index is 0. The first kappa shape index (κ1) is 39.9. The van der Waals surface area contributed by atoms with Crippen LogP contribution in [0.1, 0.15) is 82.5 Å². The first-order valence-electron chi connectivity index (χ1n) is 16.4. The van der Waals surface area contributed by atoms with Crippen molar-refractivity contribution in [1.29, 1.82) is 0 Å². The SMILES string of the molecule is C.CC[C@H](O)[C@@H](C)[C@H]1O[C@@H]1C[C@@](C)(O)/C=C/C=C(\C)[C@H]1OC(=O)C[C@H](O)CC[C@@](C)(OC)[C@@H](OC(=O)N2CCNCC2)/C=C/[C@@H]1C.[2HH]. The summed E-state index contributed by atoms with van der Waals surface area (Å²) in [6.07, 6.45) is 6.95. The predicted molar refractivity (Wildman–Crippen MR) is 179 cm³/mol. The van der Waals surface area contributed by atoms with Gasteiger partial charge < -0.3 is 44.5 Å². The summed E-state index contributed by atoms with van der Waals surface area (Å²) >= 11 is 0. The largest absolute Gasteiger partial charge is 0.457 e. The highest BCUT2D eigenvalue weighted by Crippen LogP contribution is 2.37. The third-order valence-electron chi connectivity index (χ3n) is 9.42. The van der Waals surface area contributed by atoms with E-state index in [-0.39, 0.29) is 45.7 Å². The van der Waals surface area contributed by atoms with Gasteiger partial charge >= 0.3 is 12.1 Å². The third-order valence-corrected chi connectivity index (χ3v) is 9.42. The average Bonchev–Trinajstić information content (AvgIpc) is 3.77. The van der Waals surface area contributed by atoms with Gasteiger partial charge in [0.05, 0.1) is 36.4 Å². The number of carbonyl (C=O) groups is 2. The number of hydrogen-bond acceptors (Lipinski definition) is 10. The number of carbonyl (C=O) groups excluding carboxylic acids is 2. The molecule has 1 amide bonds. The first-order chi connectivity index (χ1) is 21.2. The number of esters is 1. The zero-order valence-electron chi connectivity index (χ0n) is 28.1. The van der Waals surface area contributed by atoms with Gasteiger partial charge in [-0.15, -0.1) is 0 Å². The van der Waals surface area contributed by atoms with E-state index in [0.29, 0.717) is 45.4 Å². The zero-order valence-corrected chi connectivity index (χ0v) is 28.1. The summed E-state index contributed by atoms with van der Waals surface area (Å²) in [6.45, 7) is 13.7. The molecule has 266 valence electrons. The summed E-state index contributed by atoms with van der Waals surface area (Å²) < 4.78 is 23.5. The Morgan fingerprint density at radius 2 is 2.00 bits per heavy atom. The second-order valence-electron chi connectivity index (χ2n) is 13.4. The maximum atomic E-state index is 13.1. The Balaban J connectivity index is 0.00000552. The van der Waals surface area contributed by atoms with Crippen molar-refractivity contribution in [1.82, 2.24) is 10.2 Å². The second kappa shape index (κ2) is 17.8. The highest BCUT2D eigenvalue weighted by Gasteiger charge is 2.47. The van der Waals surface area contributed by atoms with Crippen LogP contribution in [0.25, 0.3) is 0 Å². The van der Waals surface area contributed by atoms with Gasteiger partial charge in [0.2, 0.25) is 0 Å². The molecule has 46 heavy (non-hydrogen) atoms. The number of nitrogens with one attached hydrogen (secondary N) is 1. The predicted octanol–water partition coefficient (Wildman–Crippen LogP) is 4.15. The Labute approximate surface area is 277 Å². The van der Waals surface area contributed by atoms with Crippen LogP contribution in [0.15, 0.2) is 36.0 Å². The van der Waals surface area contributed by atoms with Crippen molar-refractivity contribution in [2.45, 2.75) is 129 Å². The molecular formula is C35H62N2O9. The average molecular weight is 656 g/mol. The summed E-state index contributed by atoms with van der Waals surface area (Å²) in [6, 6.07) is 0. The number of rotatable bonds is 10. The van der Waals surface area contributed by atoms with E-state index in [1.54, 1.807) is 43.2 Å². The van der Waals surface area contributed by atoms with Crippen molar-refractivity contribution >= 4 is 12.1 Å². The fourth-order valence-corrected chi connectivity index (χ4v) is 6.04. The fraction of sp³-hybridized carbons (Fsp3) is 0.771. The Morgan fingerprint density at radius 3 is 2.63 bits per heavy atom. The topological polar surface area (TPSA) is 150 Å². The Kier molecular flexibility index (Phi) is 15.4. The van der Waals surface area contributed by atoms with Crippen molar-refractivity contribution in [3.8, 4) is 0 Å². The van der Waals surface area contributed by atoms with Crippen LogP contribution < -0.4 is 5.32 Å². The van der Waals surface area contributed by atoms with Crippen LogP contribution in [0, 0.1) is 11.8 Å². The molecule has 4 N–H and O–H groups in total. The van der Waals surface area contributed by atoms with Gasteiger partial charge in [-0.05, 0) is 51.7 Å². The second-order valence-corrected chi connectivity index (χ2v) is 13.4. The fourth-order valence-electron chi connectivity index (χ4n) is 6.04. The van der Waals surface area contributed by atoms with Gasteiger partial charge in [0.25, 0.3) is 0 Å². The molecule has 3 aliphatic rings. The van der Waals surface area contributed by atoms with Gasteiger partial charge in [-0.2, -0.15) is 0 Å². The van der Waals surface area contributed by atoms with Crippen LogP contribution in [0.5, 0.6) is 0 Å². The molecule has 2 saturated heterocycles. The number of nitrogens with zero attached hydrogens (tertiary/aromatic N) is 1. The van der Waals surface area contributed by atoms with Gasteiger partial charge in [0, 0.05) is 53.0 Å². The summed E-state index contributed by atoms with van der Waals surface area (Å²) in [5.74, 6) is -0.833. The van der Waals surface area contributed by atoms with Gasteiger partial charge in [0.15, 0.2) is 6.10 Å². The van der Waals surface area contributed by atoms with Gasteiger partial charge in [-0.3, -0.25) is 4.79 Å². The van der Waals surface area contributed by atoms with Gasteiger partial charge in [-0.1, -0.05) is 52.5 Å². The maximum absolute atomic E-state index is 13.1. The van der Waals surface area contributed by atoms with Crippen molar-refractivity contribution in [2.75, 3.05) is 33.3 Å². The third kappa shape index (κ3) is 11.5. The van der Waals surface area contributed by atoms with Crippen molar-refractivity contribution < 1.29 is 45.3 Å². The van der Waals surface area contributed by atoms with Crippen LogP contribution in [0.4, 0.5) is 4.79 Å². The molecule has 0 saturated carbocycles. The molecular weight excluding hydrogens is 592 g/mol. The lowest BCUT2D eigenvalue weighted by Gasteiger charge is -2.37. The van der Waals surface area contributed by atoms with Gasteiger partial charge in [-0.25, -0.2) is 4.79 Å². The highest BCUT2D eigenvalue weighted by molar-refractivity contribution is 5.70. The smallest absolute Gasteiger partial charge is 0.410 e. The minimum Gasteiger partial charge on any atom is -0.457 e. The maximum Gasteiger partial charge on any atom is 0.410 e. The monoisotopic (exact) mass is 655 g/mol. The summed E-state index contributed by atoms with van der Waals surface area (Å²) in [5.41, 5.74) is -1.34. The molecule has 0 aliphatic carbocycles. The van der Waals surface area contributed by atoms with Crippen LogP contribution in [0.2, 0.25) is 0 Å². The molecule has 3 aliphatic heterocycles. The zero-order chi connectivity index (χ0) is 33.4. The normalized spacial score (nSPS) is 34.6. The number of methoxy groups -OCH3 is 1. The quantitative estimate of drug-likeness (QED) is 0.117. The van der Waals surface area contributed by atoms with E-state index in [1.165, 1.54) is 0 Å². The van der Waals surface area contributed by atoms with E-state index in [0.717, 1.165) is 5.57 Å². The van der Waals surface area contributed by atoms with Crippen molar-refractivity contribution in [3.05, 3.63) is 36.0 Å². The number of ether oxygens (including phenoxy) is 4. The van der Waals surface area contributed by atoms with Crippen LogP contribution >= 0.6 is 0 Å². The standard InChI is InChI=1S/C34H56N2O9.CH4.H2/c1-8-26(38)24(4)31-27(43-31)21-33(5,41)14-9-10-22(2)30-23(3)11-12-28(44-32(40)36-18-16-35-17-19-36)34(6,42-7)15-13-25(37)20-29(39)45-30;;/h9-12,14,23-28,30-31,35,37-38,41H,8,13,15-21H2,1-7H3;1H4;1H/b12-11+,14-9+,22-10+;;/t23-,24+,25+,26-,27+,28-,30+,31+,33-,34+;;/m0../s1/i;;1+1. The van der Waals surface area contributed by atoms with Crippen LogP contribution in [-0.4, -0.2) is 113 Å². The number of aliphatic hydroxyl groups is 3.